The van der Waals surface area contributed by atoms with Crippen LogP contribution in [-0.2, 0) is 16.0 Å². The lowest BCUT2D eigenvalue weighted by Gasteiger charge is -2.17. The van der Waals surface area contributed by atoms with Crippen LogP contribution in [0.25, 0.3) is 0 Å². The second kappa shape index (κ2) is 6.23. The molecule has 0 unspecified atom stereocenters. The fraction of sp³-hybridized carbons (Fsp3) is 0.118. The molecule has 0 spiro atoms. The summed E-state index contributed by atoms with van der Waals surface area (Å²) in [6, 6.07) is 14.3. The van der Waals surface area contributed by atoms with Gasteiger partial charge < -0.3 is 10.2 Å². The SMILES string of the molecule is N#Cc1ccc2c(c1)N(C(=O)C(=O)Nc1cccc(Br)c1)CC2. The summed E-state index contributed by atoms with van der Waals surface area (Å²) in [5.41, 5.74) is 2.62. The van der Waals surface area contributed by atoms with E-state index in [1.54, 1.807) is 30.3 Å². The molecule has 0 saturated heterocycles. The van der Waals surface area contributed by atoms with Gasteiger partial charge in [-0.3, -0.25) is 9.59 Å². The molecule has 0 saturated carbocycles. The standard InChI is InChI=1S/C17H12BrN3O2/c18-13-2-1-3-14(9-13)20-16(22)17(23)21-7-6-12-5-4-11(10-19)8-15(12)21/h1-5,8-9H,6-7H2,(H,20,22). The van der Waals surface area contributed by atoms with E-state index in [9.17, 15) is 9.59 Å². The van der Waals surface area contributed by atoms with Gasteiger partial charge in [0.05, 0.1) is 11.6 Å². The largest absolute Gasteiger partial charge is 0.318 e. The number of carbonyl (C=O) groups is 2. The zero-order valence-electron chi connectivity index (χ0n) is 12.0. The number of benzene rings is 2. The van der Waals surface area contributed by atoms with Crippen molar-refractivity contribution in [1.82, 2.24) is 0 Å². The molecule has 23 heavy (non-hydrogen) atoms. The second-order valence-electron chi connectivity index (χ2n) is 5.13. The predicted molar refractivity (Wildman–Crippen MR) is 90.0 cm³/mol. The minimum absolute atomic E-state index is 0.439. The number of halogens is 1. The van der Waals surface area contributed by atoms with E-state index in [0.717, 1.165) is 10.0 Å². The molecule has 1 aliphatic rings. The summed E-state index contributed by atoms with van der Waals surface area (Å²) in [7, 11) is 0. The zero-order valence-corrected chi connectivity index (χ0v) is 13.6. The number of nitrogens with one attached hydrogen (secondary N) is 1. The first-order chi connectivity index (χ1) is 11.1. The fourth-order valence-corrected chi connectivity index (χ4v) is 2.93. The van der Waals surface area contributed by atoms with Gasteiger partial charge in [0.25, 0.3) is 0 Å². The lowest BCUT2D eigenvalue weighted by molar-refractivity contribution is -0.134. The summed E-state index contributed by atoms with van der Waals surface area (Å²) in [5, 5.41) is 11.6. The number of fused-ring (bicyclic) bond motifs is 1. The van der Waals surface area contributed by atoms with Crippen LogP contribution < -0.4 is 10.2 Å². The quantitative estimate of drug-likeness (QED) is 0.785. The van der Waals surface area contributed by atoms with Crippen molar-refractivity contribution in [3.63, 3.8) is 0 Å². The normalized spacial score (nSPS) is 12.4. The zero-order chi connectivity index (χ0) is 16.4. The van der Waals surface area contributed by atoms with Crippen LogP contribution in [-0.4, -0.2) is 18.4 Å². The Labute approximate surface area is 141 Å². The van der Waals surface area contributed by atoms with E-state index in [4.69, 9.17) is 5.26 Å². The first-order valence-corrected chi connectivity index (χ1v) is 7.79. The van der Waals surface area contributed by atoms with E-state index in [1.807, 2.05) is 18.2 Å². The Morgan fingerprint density at radius 3 is 2.78 bits per heavy atom. The van der Waals surface area contributed by atoms with E-state index in [2.05, 4.69) is 21.2 Å². The molecule has 0 aromatic heterocycles. The molecule has 1 N–H and O–H groups in total. The van der Waals surface area contributed by atoms with Crippen LogP contribution >= 0.6 is 15.9 Å². The first kappa shape index (κ1) is 15.3. The number of rotatable bonds is 1. The molecule has 5 nitrogen and oxygen atoms in total. The van der Waals surface area contributed by atoms with Crippen LogP contribution in [0.1, 0.15) is 11.1 Å². The molecule has 2 aromatic rings. The van der Waals surface area contributed by atoms with Gasteiger partial charge in [-0.15, -0.1) is 0 Å². The minimum atomic E-state index is -0.696. The average Bonchev–Trinajstić information content (AvgIpc) is 2.97. The number of nitriles is 1. The summed E-state index contributed by atoms with van der Waals surface area (Å²) < 4.78 is 0.813. The highest BCUT2D eigenvalue weighted by atomic mass is 79.9. The summed E-state index contributed by atoms with van der Waals surface area (Å²) >= 11 is 3.32. The van der Waals surface area contributed by atoms with Crippen LogP contribution in [0, 0.1) is 11.3 Å². The minimum Gasteiger partial charge on any atom is -0.318 e. The average molecular weight is 370 g/mol. The second-order valence-corrected chi connectivity index (χ2v) is 6.04. The van der Waals surface area contributed by atoms with Crippen LogP contribution in [0.2, 0.25) is 0 Å². The predicted octanol–water partition coefficient (Wildman–Crippen LogP) is 2.85. The van der Waals surface area contributed by atoms with E-state index in [0.29, 0.717) is 29.9 Å². The molecule has 0 bridgehead atoms. The van der Waals surface area contributed by atoms with Gasteiger partial charge in [-0.1, -0.05) is 28.1 Å². The Bertz CT molecular complexity index is 842. The molecular weight excluding hydrogens is 358 g/mol. The maximum absolute atomic E-state index is 12.4. The number of hydrogen-bond donors (Lipinski definition) is 1. The monoisotopic (exact) mass is 369 g/mol. The van der Waals surface area contributed by atoms with Crippen molar-refractivity contribution < 1.29 is 9.59 Å². The van der Waals surface area contributed by atoms with Crippen molar-refractivity contribution in [3.8, 4) is 6.07 Å². The van der Waals surface area contributed by atoms with E-state index >= 15 is 0 Å². The van der Waals surface area contributed by atoms with Gasteiger partial charge >= 0.3 is 11.8 Å². The van der Waals surface area contributed by atoms with Gasteiger partial charge in [0.15, 0.2) is 0 Å². The molecule has 6 heteroatoms. The third-order valence-electron chi connectivity index (χ3n) is 3.63. The smallest absolute Gasteiger partial charge is 0.316 e. The molecule has 2 amide bonds. The van der Waals surface area contributed by atoms with Crippen molar-refractivity contribution in [1.29, 1.82) is 5.26 Å². The van der Waals surface area contributed by atoms with Gasteiger partial charge in [-0.25, -0.2) is 0 Å². The highest BCUT2D eigenvalue weighted by Gasteiger charge is 2.29. The van der Waals surface area contributed by atoms with Gasteiger partial charge in [0.1, 0.15) is 0 Å². The fourth-order valence-electron chi connectivity index (χ4n) is 2.53. The topological polar surface area (TPSA) is 73.2 Å². The van der Waals surface area contributed by atoms with E-state index < -0.39 is 11.8 Å². The first-order valence-electron chi connectivity index (χ1n) is 7.00. The summed E-state index contributed by atoms with van der Waals surface area (Å²) in [4.78, 5) is 26.0. The highest BCUT2D eigenvalue weighted by molar-refractivity contribution is 9.10. The van der Waals surface area contributed by atoms with Crippen molar-refractivity contribution >= 4 is 39.1 Å². The summed E-state index contributed by atoms with van der Waals surface area (Å²) in [5.74, 6) is -1.32. The number of hydrogen-bond acceptors (Lipinski definition) is 3. The maximum Gasteiger partial charge on any atom is 0.316 e. The van der Waals surface area contributed by atoms with Gasteiger partial charge in [-0.05, 0) is 42.3 Å². The van der Waals surface area contributed by atoms with Crippen molar-refractivity contribution in [2.75, 3.05) is 16.8 Å². The molecule has 0 atom stereocenters. The van der Waals surface area contributed by atoms with Crippen LogP contribution in [0.5, 0.6) is 0 Å². The third kappa shape index (κ3) is 3.10. The van der Waals surface area contributed by atoms with Crippen LogP contribution in [0.15, 0.2) is 46.9 Å². The number of carbonyl (C=O) groups excluding carboxylic acids is 2. The van der Waals surface area contributed by atoms with Gasteiger partial charge in [0.2, 0.25) is 0 Å². The Kier molecular flexibility index (Phi) is 4.13. The number of nitrogens with zero attached hydrogens (tertiary/aromatic N) is 2. The molecule has 2 aromatic carbocycles. The molecule has 0 fully saturated rings. The Balaban J connectivity index is 1.80. The Morgan fingerprint density at radius 2 is 2.04 bits per heavy atom. The lowest BCUT2D eigenvalue weighted by atomic mass is 10.1. The number of anilines is 2. The van der Waals surface area contributed by atoms with Gasteiger partial charge in [0, 0.05) is 22.4 Å². The van der Waals surface area contributed by atoms with Gasteiger partial charge in [-0.2, -0.15) is 5.26 Å². The Morgan fingerprint density at radius 1 is 1.22 bits per heavy atom. The van der Waals surface area contributed by atoms with E-state index in [-0.39, 0.29) is 0 Å². The molecule has 1 aliphatic heterocycles. The third-order valence-corrected chi connectivity index (χ3v) is 4.13. The van der Waals surface area contributed by atoms with E-state index in [1.165, 1.54) is 4.90 Å². The molecule has 0 aliphatic carbocycles. The molecular formula is C17H12BrN3O2. The Hall–Kier alpha value is -2.65. The molecule has 0 radical (unpaired) electrons. The van der Waals surface area contributed by atoms with Crippen molar-refractivity contribution in [3.05, 3.63) is 58.1 Å². The number of amides is 2. The highest BCUT2D eigenvalue weighted by Crippen LogP contribution is 2.29. The van der Waals surface area contributed by atoms with Crippen LogP contribution in [0.3, 0.4) is 0 Å². The molecule has 1 heterocycles. The summed E-state index contributed by atoms with van der Waals surface area (Å²) in [6.45, 7) is 0.439. The van der Waals surface area contributed by atoms with Crippen molar-refractivity contribution in [2.45, 2.75) is 6.42 Å². The van der Waals surface area contributed by atoms with Crippen molar-refractivity contribution in [2.24, 2.45) is 0 Å². The van der Waals surface area contributed by atoms with Crippen LogP contribution in [0.4, 0.5) is 11.4 Å². The maximum atomic E-state index is 12.4. The lowest BCUT2D eigenvalue weighted by Crippen LogP contribution is -2.38. The summed E-state index contributed by atoms with van der Waals surface area (Å²) in [6.07, 6.45) is 0.678. The molecule has 114 valence electrons. The molecule has 3 rings (SSSR count).